The summed E-state index contributed by atoms with van der Waals surface area (Å²) in [7, 11) is 1.86. The molecule has 3 N–H and O–H groups in total. The van der Waals surface area contributed by atoms with Gasteiger partial charge in [-0.25, -0.2) is 0 Å². The monoisotopic (exact) mass is 348 g/mol. The molecule has 0 unspecified atom stereocenters. The number of nitrogens with one attached hydrogen (secondary N) is 1. The van der Waals surface area contributed by atoms with Gasteiger partial charge in [0.25, 0.3) is 5.91 Å². The van der Waals surface area contributed by atoms with Gasteiger partial charge in [-0.3, -0.25) is 18.9 Å². The normalized spacial score (nSPS) is 11.0. The van der Waals surface area contributed by atoms with Gasteiger partial charge in [-0.15, -0.1) is 10.2 Å². The van der Waals surface area contributed by atoms with Crippen LogP contribution in [0.1, 0.15) is 16.3 Å². The van der Waals surface area contributed by atoms with Crippen LogP contribution in [0.15, 0.2) is 43.0 Å². The van der Waals surface area contributed by atoms with E-state index in [0.29, 0.717) is 22.7 Å². The first-order chi connectivity index (χ1) is 12.5. The fraction of sp³-hybridized carbons (Fsp3) is 0.118. The number of nitrogen functional groups attached to an aromatic ring is 1. The van der Waals surface area contributed by atoms with Gasteiger partial charge >= 0.3 is 0 Å². The molecule has 0 saturated heterocycles. The quantitative estimate of drug-likeness (QED) is 0.582. The SMILES string of the molecule is Cc1ncc(N)cc1NC(=O)c1nnc2cc(-c3cnn(C)c3)ccn12. The lowest BCUT2D eigenvalue weighted by molar-refractivity contribution is 0.101. The van der Waals surface area contributed by atoms with E-state index in [1.807, 2.05) is 25.4 Å². The maximum Gasteiger partial charge on any atom is 0.294 e. The van der Waals surface area contributed by atoms with Crippen molar-refractivity contribution in [3.05, 3.63) is 54.5 Å². The van der Waals surface area contributed by atoms with E-state index in [9.17, 15) is 4.79 Å². The fourth-order valence-electron chi connectivity index (χ4n) is 2.65. The Bertz CT molecular complexity index is 1130. The summed E-state index contributed by atoms with van der Waals surface area (Å²) in [5.74, 6) is -0.207. The van der Waals surface area contributed by atoms with Gasteiger partial charge in [0.1, 0.15) is 0 Å². The second-order valence-corrected chi connectivity index (χ2v) is 5.93. The second kappa shape index (κ2) is 5.96. The molecule has 0 aliphatic carbocycles. The molecule has 130 valence electrons. The van der Waals surface area contributed by atoms with Crippen LogP contribution in [0.5, 0.6) is 0 Å². The van der Waals surface area contributed by atoms with E-state index in [1.54, 1.807) is 34.5 Å². The Balaban J connectivity index is 1.66. The van der Waals surface area contributed by atoms with Crippen LogP contribution in [0.25, 0.3) is 16.8 Å². The van der Waals surface area contributed by atoms with Gasteiger partial charge in [-0.1, -0.05) is 0 Å². The predicted molar refractivity (Wildman–Crippen MR) is 96.5 cm³/mol. The minimum Gasteiger partial charge on any atom is -0.397 e. The first kappa shape index (κ1) is 15.8. The molecule has 0 bridgehead atoms. The topological polar surface area (TPSA) is 116 Å². The highest BCUT2D eigenvalue weighted by Crippen LogP contribution is 2.21. The van der Waals surface area contributed by atoms with Crippen molar-refractivity contribution in [2.24, 2.45) is 7.05 Å². The maximum atomic E-state index is 12.6. The molecule has 0 aliphatic rings. The molecule has 9 nitrogen and oxygen atoms in total. The van der Waals surface area contributed by atoms with Crippen LogP contribution in [0.3, 0.4) is 0 Å². The van der Waals surface area contributed by atoms with Crippen LogP contribution < -0.4 is 11.1 Å². The van der Waals surface area contributed by atoms with Crippen LogP contribution in [-0.2, 0) is 7.05 Å². The molecule has 0 spiro atoms. The number of pyridine rings is 2. The molecule has 26 heavy (non-hydrogen) atoms. The standard InChI is InChI=1S/C17H16N8O/c1-10-14(6-13(18)8-19-10)21-17(26)16-23-22-15-5-11(3-4-25(15)16)12-7-20-24(2)9-12/h3-9H,18H2,1-2H3,(H,21,26). The molecule has 4 aromatic heterocycles. The maximum absolute atomic E-state index is 12.6. The van der Waals surface area contributed by atoms with E-state index in [4.69, 9.17) is 5.73 Å². The molecule has 0 saturated carbocycles. The molecule has 0 atom stereocenters. The minimum atomic E-state index is -0.387. The van der Waals surface area contributed by atoms with Crippen molar-refractivity contribution in [1.29, 1.82) is 0 Å². The number of carbonyl (C=O) groups is 1. The summed E-state index contributed by atoms with van der Waals surface area (Å²) >= 11 is 0. The zero-order valence-corrected chi connectivity index (χ0v) is 14.2. The average Bonchev–Trinajstić information content (AvgIpc) is 3.23. The highest BCUT2D eigenvalue weighted by atomic mass is 16.2. The van der Waals surface area contributed by atoms with E-state index >= 15 is 0 Å². The molecule has 1 amide bonds. The number of hydrogen-bond acceptors (Lipinski definition) is 6. The number of amides is 1. The lowest BCUT2D eigenvalue weighted by Gasteiger charge is -2.07. The molecule has 9 heteroatoms. The number of aryl methyl sites for hydroxylation is 2. The van der Waals surface area contributed by atoms with Gasteiger partial charge in [0.05, 0.1) is 29.5 Å². The van der Waals surface area contributed by atoms with Gasteiger partial charge in [0, 0.05) is 25.0 Å². The number of nitrogens with two attached hydrogens (primary N) is 1. The fourth-order valence-corrected chi connectivity index (χ4v) is 2.65. The Morgan fingerprint density at radius 3 is 2.81 bits per heavy atom. The zero-order chi connectivity index (χ0) is 18.3. The van der Waals surface area contributed by atoms with E-state index in [0.717, 1.165) is 11.1 Å². The van der Waals surface area contributed by atoms with Gasteiger partial charge < -0.3 is 11.1 Å². The molecule has 4 aromatic rings. The van der Waals surface area contributed by atoms with Crippen molar-refractivity contribution in [2.45, 2.75) is 6.92 Å². The number of carbonyl (C=O) groups excluding carboxylic acids is 1. The van der Waals surface area contributed by atoms with Gasteiger partial charge in [-0.05, 0) is 30.7 Å². The largest absolute Gasteiger partial charge is 0.397 e. The van der Waals surface area contributed by atoms with Crippen molar-refractivity contribution >= 4 is 22.9 Å². The van der Waals surface area contributed by atoms with Crippen LogP contribution in [0.2, 0.25) is 0 Å². The van der Waals surface area contributed by atoms with Crippen LogP contribution >= 0.6 is 0 Å². The third-order valence-corrected chi connectivity index (χ3v) is 4.01. The minimum absolute atomic E-state index is 0.180. The number of anilines is 2. The first-order valence-electron chi connectivity index (χ1n) is 7.88. The predicted octanol–water partition coefficient (Wildman–Crippen LogP) is 1.67. The van der Waals surface area contributed by atoms with Crippen LogP contribution in [0, 0.1) is 6.92 Å². The van der Waals surface area contributed by atoms with Crippen LogP contribution in [-0.4, -0.2) is 35.3 Å². The molecule has 4 heterocycles. The Kier molecular flexibility index (Phi) is 3.61. The highest BCUT2D eigenvalue weighted by Gasteiger charge is 2.16. The lowest BCUT2D eigenvalue weighted by Crippen LogP contribution is -2.17. The molecular weight excluding hydrogens is 332 g/mol. The van der Waals surface area contributed by atoms with Gasteiger partial charge in [0.2, 0.25) is 5.82 Å². The van der Waals surface area contributed by atoms with E-state index in [2.05, 4.69) is 25.6 Å². The number of hydrogen-bond donors (Lipinski definition) is 2. The second-order valence-electron chi connectivity index (χ2n) is 5.93. The molecular formula is C17H16N8O. The summed E-state index contributed by atoms with van der Waals surface area (Å²) in [5.41, 5.74) is 9.89. The van der Waals surface area contributed by atoms with Gasteiger partial charge in [-0.2, -0.15) is 5.10 Å². The van der Waals surface area contributed by atoms with Crippen molar-refractivity contribution in [2.75, 3.05) is 11.1 Å². The number of aromatic nitrogens is 6. The van der Waals surface area contributed by atoms with Crippen molar-refractivity contribution in [3.63, 3.8) is 0 Å². The lowest BCUT2D eigenvalue weighted by atomic mass is 10.1. The summed E-state index contributed by atoms with van der Waals surface area (Å²) < 4.78 is 3.36. The Labute approximate surface area is 148 Å². The third kappa shape index (κ3) is 2.75. The van der Waals surface area contributed by atoms with E-state index < -0.39 is 0 Å². The third-order valence-electron chi connectivity index (χ3n) is 4.01. The molecule has 0 fully saturated rings. The molecule has 0 aliphatic heterocycles. The number of nitrogens with zero attached hydrogens (tertiary/aromatic N) is 6. The summed E-state index contributed by atoms with van der Waals surface area (Å²) in [6, 6.07) is 5.40. The van der Waals surface area contributed by atoms with Crippen LogP contribution in [0.4, 0.5) is 11.4 Å². The van der Waals surface area contributed by atoms with Crippen molar-refractivity contribution < 1.29 is 4.79 Å². The Hall–Kier alpha value is -3.75. The molecule has 0 aromatic carbocycles. The Morgan fingerprint density at radius 1 is 1.19 bits per heavy atom. The average molecular weight is 348 g/mol. The van der Waals surface area contributed by atoms with Gasteiger partial charge in [0.15, 0.2) is 5.65 Å². The highest BCUT2D eigenvalue weighted by molar-refractivity contribution is 6.02. The summed E-state index contributed by atoms with van der Waals surface area (Å²) in [6.07, 6.45) is 6.98. The number of rotatable bonds is 3. The smallest absolute Gasteiger partial charge is 0.294 e. The zero-order valence-electron chi connectivity index (χ0n) is 14.2. The van der Waals surface area contributed by atoms with Crippen molar-refractivity contribution in [1.82, 2.24) is 29.4 Å². The summed E-state index contributed by atoms with van der Waals surface area (Å²) in [5, 5.41) is 15.1. The number of fused-ring (bicyclic) bond motifs is 1. The molecule has 0 radical (unpaired) electrons. The van der Waals surface area contributed by atoms with Crippen molar-refractivity contribution in [3.8, 4) is 11.1 Å². The summed E-state index contributed by atoms with van der Waals surface area (Å²) in [6.45, 7) is 1.79. The van der Waals surface area contributed by atoms with E-state index in [-0.39, 0.29) is 11.7 Å². The van der Waals surface area contributed by atoms with E-state index in [1.165, 1.54) is 6.20 Å². The summed E-state index contributed by atoms with van der Waals surface area (Å²) in [4.78, 5) is 16.7. The first-order valence-corrected chi connectivity index (χ1v) is 7.88. The molecule has 4 rings (SSSR count). The Morgan fingerprint density at radius 2 is 2.04 bits per heavy atom.